The summed E-state index contributed by atoms with van der Waals surface area (Å²) in [4.78, 5) is 7.94. The Morgan fingerprint density at radius 2 is 1.89 bits per heavy atom. The van der Waals surface area contributed by atoms with Gasteiger partial charge in [0.25, 0.3) is 0 Å². The number of nitriles is 1. The summed E-state index contributed by atoms with van der Waals surface area (Å²) in [6.45, 7) is 0.610. The maximum atomic E-state index is 12.7. The lowest BCUT2D eigenvalue weighted by Gasteiger charge is -2.06. The van der Waals surface area contributed by atoms with Gasteiger partial charge in [-0.2, -0.15) is 5.26 Å². The van der Waals surface area contributed by atoms with Gasteiger partial charge in [0.2, 0.25) is 0 Å². The lowest BCUT2D eigenvalue weighted by atomic mass is 10.1. The van der Waals surface area contributed by atoms with Gasteiger partial charge in [-0.1, -0.05) is 12.1 Å². The highest BCUT2D eigenvalue weighted by Crippen LogP contribution is 2.07. The van der Waals surface area contributed by atoms with Crippen LogP contribution in [0.5, 0.6) is 0 Å². The second-order valence-corrected chi connectivity index (χ2v) is 3.67. The molecule has 18 heavy (non-hydrogen) atoms. The van der Waals surface area contributed by atoms with Crippen molar-refractivity contribution in [2.45, 2.75) is 6.42 Å². The van der Waals surface area contributed by atoms with E-state index < -0.39 is 0 Å². The van der Waals surface area contributed by atoms with Crippen molar-refractivity contribution in [1.82, 2.24) is 9.97 Å². The summed E-state index contributed by atoms with van der Waals surface area (Å²) >= 11 is 0. The van der Waals surface area contributed by atoms with Gasteiger partial charge >= 0.3 is 0 Å². The quantitative estimate of drug-likeness (QED) is 0.892. The van der Waals surface area contributed by atoms with Crippen LogP contribution in [-0.2, 0) is 6.42 Å². The summed E-state index contributed by atoms with van der Waals surface area (Å²) < 4.78 is 12.7. The van der Waals surface area contributed by atoms with Gasteiger partial charge in [-0.3, -0.25) is 0 Å². The van der Waals surface area contributed by atoms with E-state index in [2.05, 4.69) is 15.3 Å². The predicted octanol–water partition coefficient (Wildman–Crippen LogP) is 2.14. The Bertz CT molecular complexity index is 560. The van der Waals surface area contributed by atoms with Crippen LogP contribution in [0, 0.1) is 17.1 Å². The highest BCUT2D eigenvalue weighted by molar-refractivity contribution is 5.46. The van der Waals surface area contributed by atoms with Crippen molar-refractivity contribution in [1.29, 1.82) is 5.26 Å². The van der Waals surface area contributed by atoms with Crippen molar-refractivity contribution >= 4 is 5.82 Å². The van der Waals surface area contributed by atoms with Gasteiger partial charge in [0.05, 0.1) is 0 Å². The summed E-state index contributed by atoms with van der Waals surface area (Å²) in [7, 11) is 0. The summed E-state index contributed by atoms with van der Waals surface area (Å²) in [5.41, 5.74) is 1.29. The highest BCUT2D eigenvalue weighted by atomic mass is 19.1. The van der Waals surface area contributed by atoms with Crippen LogP contribution < -0.4 is 5.32 Å². The van der Waals surface area contributed by atoms with Gasteiger partial charge in [0, 0.05) is 18.9 Å². The average molecular weight is 242 g/mol. The van der Waals surface area contributed by atoms with E-state index in [4.69, 9.17) is 5.26 Å². The summed E-state index contributed by atoms with van der Waals surface area (Å²) in [5.74, 6) is 0.231. The Balaban J connectivity index is 1.93. The topological polar surface area (TPSA) is 61.6 Å². The zero-order valence-corrected chi connectivity index (χ0v) is 9.60. The van der Waals surface area contributed by atoms with Crippen LogP contribution in [0.25, 0.3) is 0 Å². The number of nitrogens with one attached hydrogen (secondary N) is 1. The lowest BCUT2D eigenvalue weighted by molar-refractivity contribution is 0.627. The minimum atomic E-state index is -0.243. The number of hydrogen-bond acceptors (Lipinski definition) is 4. The number of aromatic nitrogens is 2. The van der Waals surface area contributed by atoms with Crippen LogP contribution in [0.4, 0.5) is 10.2 Å². The van der Waals surface area contributed by atoms with E-state index in [1.54, 1.807) is 12.1 Å². The molecule has 90 valence electrons. The summed E-state index contributed by atoms with van der Waals surface area (Å²) in [6, 6.07) is 8.29. The Morgan fingerprint density at radius 1 is 1.17 bits per heavy atom. The first kappa shape index (κ1) is 12.0. The molecule has 0 bridgehead atoms. The minimum absolute atomic E-state index is 0.243. The minimum Gasteiger partial charge on any atom is -0.367 e. The fourth-order valence-electron chi connectivity index (χ4n) is 1.53. The van der Waals surface area contributed by atoms with Gasteiger partial charge in [-0.15, -0.1) is 0 Å². The molecule has 0 aliphatic heterocycles. The first-order valence-corrected chi connectivity index (χ1v) is 5.49. The average Bonchev–Trinajstić information content (AvgIpc) is 2.41. The molecule has 0 saturated heterocycles. The third kappa shape index (κ3) is 3.01. The number of hydrogen-bond donors (Lipinski definition) is 1. The van der Waals surface area contributed by atoms with Gasteiger partial charge in [-0.25, -0.2) is 14.4 Å². The van der Waals surface area contributed by atoms with Crippen molar-refractivity contribution in [3.63, 3.8) is 0 Å². The molecule has 0 aliphatic rings. The van der Waals surface area contributed by atoms with Crippen LogP contribution >= 0.6 is 0 Å². The van der Waals surface area contributed by atoms with E-state index >= 15 is 0 Å². The third-order valence-electron chi connectivity index (χ3n) is 2.42. The Hall–Kier alpha value is -2.48. The Morgan fingerprint density at radius 3 is 2.61 bits per heavy atom. The number of halogens is 1. The molecular weight excluding hydrogens is 231 g/mol. The molecule has 2 aromatic rings. The fraction of sp³-hybridized carbons (Fsp3) is 0.154. The smallest absolute Gasteiger partial charge is 0.182 e. The molecular formula is C13H11FN4. The van der Waals surface area contributed by atoms with Crippen molar-refractivity contribution in [2.75, 3.05) is 11.9 Å². The molecule has 1 N–H and O–H groups in total. The Kier molecular flexibility index (Phi) is 3.82. The maximum absolute atomic E-state index is 12.7. The fourth-order valence-corrected chi connectivity index (χ4v) is 1.53. The van der Waals surface area contributed by atoms with Crippen LogP contribution in [0.3, 0.4) is 0 Å². The predicted molar refractivity (Wildman–Crippen MR) is 65.3 cm³/mol. The molecule has 0 saturated carbocycles. The lowest BCUT2D eigenvalue weighted by Crippen LogP contribution is -2.08. The highest BCUT2D eigenvalue weighted by Gasteiger charge is 2.02. The maximum Gasteiger partial charge on any atom is 0.182 e. The molecule has 0 unspecified atom stereocenters. The molecule has 0 fully saturated rings. The van der Waals surface area contributed by atoms with E-state index in [1.165, 1.54) is 24.5 Å². The monoisotopic (exact) mass is 242 g/mol. The van der Waals surface area contributed by atoms with Crippen molar-refractivity contribution in [3.05, 3.63) is 53.7 Å². The van der Waals surface area contributed by atoms with Crippen LogP contribution in [-0.4, -0.2) is 16.5 Å². The second-order valence-electron chi connectivity index (χ2n) is 3.67. The molecule has 4 nitrogen and oxygen atoms in total. The molecule has 1 aromatic carbocycles. The first-order valence-electron chi connectivity index (χ1n) is 5.49. The van der Waals surface area contributed by atoms with E-state index in [0.717, 1.165) is 12.0 Å². The molecule has 5 heteroatoms. The SMILES string of the molecule is N#Cc1nccnc1NCCc1ccc(F)cc1. The summed E-state index contributed by atoms with van der Waals surface area (Å²) in [6.07, 6.45) is 3.73. The molecule has 0 radical (unpaired) electrons. The molecule has 0 amide bonds. The first-order chi connectivity index (χ1) is 8.79. The largest absolute Gasteiger partial charge is 0.367 e. The van der Waals surface area contributed by atoms with Gasteiger partial charge in [0.1, 0.15) is 11.9 Å². The number of anilines is 1. The normalized spacial score (nSPS) is 9.78. The van der Waals surface area contributed by atoms with Crippen LogP contribution in [0.15, 0.2) is 36.7 Å². The van der Waals surface area contributed by atoms with Gasteiger partial charge in [-0.05, 0) is 24.1 Å². The van der Waals surface area contributed by atoms with Gasteiger partial charge in [0.15, 0.2) is 11.5 Å². The molecule has 0 spiro atoms. The number of nitrogens with zero attached hydrogens (tertiary/aromatic N) is 3. The molecule has 1 aromatic heterocycles. The van der Waals surface area contributed by atoms with Crippen molar-refractivity contribution < 1.29 is 4.39 Å². The molecule has 1 heterocycles. The van der Waals surface area contributed by atoms with E-state index in [9.17, 15) is 4.39 Å². The van der Waals surface area contributed by atoms with Crippen molar-refractivity contribution in [3.8, 4) is 6.07 Å². The number of benzene rings is 1. The van der Waals surface area contributed by atoms with Crippen LogP contribution in [0.2, 0.25) is 0 Å². The number of rotatable bonds is 4. The summed E-state index contributed by atoms with van der Waals surface area (Å²) in [5, 5.41) is 11.9. The van der Waals surface area contributed by atoms with E-state index in [0.29, 0.717) is 12.4 Å². The molecule has 2 rings (SSSR count). The zero-order chi connectivity index (χ0) is 12.8. The third-order valence-corrected chi connectivity index (χ3v) is 2.42. The van der Waals surface area contributed by atoms with Crippen LogP contribution in [0.1, 0.15) is 11.3 Å². The molecule has 0 atom stereocenters. The zero-order valence-electron chi connectivity index (χ0n) is 9.60. The Labute approximate surface area is 104 Å². The van der Waals surface area contributed by atoms with E-state index in [-0.39, 0.29) is 11.5 Å². The van der Waals surface area contributed by atoms with Crippen molar-refractivity contribution in [2.24, 2.45) is 0 Å². The standard InChI is InChI=1S/C13H11FN4/c14-11-3-1-10(2-4-11)5-6-17-13-12(9-15)16-7-8-18-13/h1-4,7-8H,5-6H2,(H,17,18). The van der Waals surface area contributed by atoms with Gasteiger partial charge < -0.3 is 5.32 Å². The molecule has 0 aliphatic carbocycles. The second kappa shape index (κ2) is 5.73. The van der Waals surface area contributed by atoms with E-state index in [1.807, 2.05) is 6.07 Å².